The van der Waals surface area contributed by atoms with Crippen LogP contribution in [0.15, 0.2) is 30.6 Å². The predicted molar refractivity (Wildman–Crippen MR) is 64.1 cm³/mol. The number of halogens is 2. The molecule has 18 heavy (non-hydrogen) atoms. The van der Waals surface area contributed by atoms with E-state index < -0.39 is 5.82 Å². The number of anilines is 1. The number of carbonyl (C=O) groups is 1. The molecule has 1 aromatic heterocycles. The van der Waals surface area contributed by atoms with Gasteiger partial charge in [0.05, 0.1) is 16.9 Å². The maximum atomic E-state index is 12.8. The Balaban J connectivity index is 1.89. The lowest BCUT2D eigenvalue weighted by Crippen LogP contribution is -2.19. The number of nitrogens with zero attached hydrogens (tertiary/aromatic N) is 1. The zero-order valence-electron chi connectivity index (χ0n) is 9.11. The lowest BCUT2D eigenvalue weighted by atomic mass is 10.3. The normalized spacial score (nSPS) is 10.1. The van der Waals surface area contributed by atoms with Gasteiger partial charge in [-0.15, -0.1) is 0 Å². The van der Waals surface area contributed by atoms with Crippen molar-refractivity contribution in [2.24, 2.45) is 0 Å². The van der Waals surface area contributed by atoms with E-state index >= 15 is 0 Å². The number of rotatable bonds is 4. The summed E-state index contributed by atoms with van der Waals surface area (Å²) in [5.74, 6) is -0.576. The molecule has 0 aliphatic carbocycles. The van der Waals surface area contributed by atoms with Crippen LogP contribution in [0.4, 0.5) is 10.1 Å². The second kappa shape index (κ2) is 5.50. The predicted octanol–water partition coefficient (Wildman–Crippen LogP) is 2.22. The lowest BCUT2D eigenvalue weighted by molar-refractivity contribution is -0.118. The molecule has 1 aromatic carbocycles. The van der Waals surface area contributed by atoms with Gasteiger partial charge >= 0.3 is 0 Å². The summed E-state index contributed by atoms with van der Waals surface area (Å²) in [6, 6.07) is 3.68. The molecule has 0 aliphatic rings. The average Bonchev–Trinajstić information content (AvgIpc) is 2.80. The molecule has 2 N–H and O–H groups in total. The molecular weight excluding hydrogens is 261 g/mol. The molecule has 0 bridgehead atoms. The SMILES string of the molecule is O=C(COc1ccc(F)cc1Cl)Nc1cn[nH]c1. The van der Waals surface area contributed by atoms with Crippen LogP contribution >= 0.6 is 11.6 Å². The molecule has 7 heteroatoms. The molecule has 0 radical (unpaired) electrons. The van der Waals surface area contributed by atoms with Crippen molar-refractivity contribution in [3.8, 4) is 5.75 Å². The zero-order chi connectivity index (χ0) is 13.0. The summed E-state index contributed by atoms with van der Waals surface area (Å²) in [5, 5.41) is 8.89. The number of aromatic amines is 1. The smallest absolute Gasteiger partial charge is 0.262 e. The summed E-state index contributed by atoms with van der Waals surface area (Å²) < 4.78 is 17.9. The third-order valence-corrected chi connectivity index (χ3v) is 2.33. The fourth-order valence-electron chi connectivity index (χ4n) is 1.25. The molecule has 0 saturated carbocycles. The first-order valence-electron chi connectivity index (χ1n) is 5.01. The monoisotopic (exact) mass is 269 g/mol. The van der Waals surface area contributed by atoms with Crippen LogP contribution in [-0.4, -0.2) is 22.7 Å². The van der Waals surface area contributed by atoms with Crippen molar-refractivity contribution in [3.63, 3.8) is 0 Å². The summed E-state index contributed by atoms with van der Waals surface area (Å²) >= 11 is 5.74. The van der Waals surface area contributed by atoms with Gasteiger partial charge < -0.3 is 10.1 Å². The third kappa shape index (κ3) is 3.21. The summed E-state index contributed by atoms with van der Waals surface area (Å²) in [6.45, 7) is -0.226. The Morgan fingerprint density at radius 2 is 2.39 bits per heavy atom. The van der Waals surface area contributed by atoms with Crippen molar-refractivity contribution < 1.29 is 13.9 Å². The van der Waals surface area contributed by atoms with Crippen molar-refractivity contribution in [3.05, 3.63) is 41.4 Å². The molecule has 0 unspecified atom stereocenters. The number of hydrogen-bond donors (Lipinski definition) is 2. The van der Waals surface area contributed by atoms with Crippen molar-refractivity contribution in [2.75, 3.05) is 11.9 Å². The molecule has 0 fully saturated rings. The summed E-state index contributed by atoms with van der Waals surface area (Å²) in [4.78, 5) is 11.5. The molecule has 0 saturated heterocycles. The van der Waals surface area contributed by atoms with E-state index in [-0.39, 0.29) is 23.3 Å². The van der Waals surface area contributed by atoms with Gasteiger partial charge in [-0.25, -0.2) is 4.39 Å². The quantitative estimate of drug-likeness (QED) is 0.894. The largest absolute Gasteiger partial charge is 0.482 e. The van der Waals surface area contributed by atoms with Crippen LogP contribution < -0.4 is 10.1 Å². The van der Waals surface area contributed by atoms with Crippen LogP contribution in [0.5, 0.6) is 5.75 Å². The topological polar surface area (TPSA) is 67.0 Å². The number of amides is 1. The number of carbonyl (C=O) groups excluding carboxylic acids is 1. The van der Waals surface area contributed by atoms with Crippen LogP contribution in [0, 0.1) is 5.82 Å². The highest BCUT2D eigenvalue weighted by molar-refractivity contribution is 6.32. The van der Waals surface area contributed by atoms with Gasteiger partial charge in [-0.1, -0.05) is 11.6 Å². The van der Waals surface area contributed by atoms with E-state index in [1.165, 1.54) is 24.5 Å². The number of H-pyrrole nitrogens is 1. The van der Waals surface area contributed by atoms with Crippen molar-refractivity contribution in [2.45, 2.75) is 0 Å². The van der Waals surface area contributed by atoms with Gasteiger partial charge in [0.15, 0.2) is 6.61 Å². The third-order valence-electron chi connectivity index (χ3n) is 2.03. The molecule has 2 aromatic rings. The van der Waals surface area contributed by atoms with Gasteiger partial charge in [0.2, 0.25) is 0 Å². The number of aromatic nitrogens is 2. The number of nitrogens with one attached hydrogen (secondary N) is 2. The zero-order valence-corrected chi connectivity index (χ0v) is 9.87. The molecular formula is C11H9ClFN3O2. The van der Waals surface area contributed by atoms with Crippen LogP contribution in [0.25, 0.3) is 0 Å². The first-order valence-corrected chi connectivity index (χ1v) is 5.39. The number of ether oxygens (including phenoxy) is 1. The standard InChI is InChI=1S/C11H9ClFN3O2/c12-9-3-7(13)1-2-10(9)18-6-11(17)16-8-4-14-15-5-8/h1-5H,6H2,(H,14,15)(H,16,17). The van der Waals surface area contributed by atoms with E-state index in [0.29, 0.717) is 5.69 Å². The van der Waals surface area contributed by atoms with E-state index in [0.717, 1.165) is 6.07 Å². The highest BCUT2D eigenvalue weighted by Crippen LogP contribution is 2.24. The number of hydrogen-bond acceptors (Lipinski definition) is 3. The van der Waals surface area contributed by atoms with Crippen LogP contribution in [0.1, 0.15) is 0 Å². The van der Waals surface area contributed by atoms with Gasteiger partial charge in [0, 0.05) is 6.20 Å². The molecule has 1 heterocycles. The van der Waals surface area contributed by atoms with E-state index in [9.17, 15) is 9.18 Å². The van der Waals surface area contributed by atoms with E-state index in [2.05, 4.69) is 15.5 Å². The Bertz CT molecular complexity index is 545. The van der Waals surface area contributed by atoms with Gasteiger partial charge in [0.1, 0.15) is 11.6 Å². The Kier molecular flexibility index (Phi) is 3.78. The minimum atomic E-state index is -0.463. The second-order valence-electron chi connectivity index (χ2n) is 3.40. The maximum absolute atomic E-state index is 12.8. The molecule has 1 amide bonds. The first kappa shape index (κ1) is 12.4. The Morgan fingerprint density at radius 1 is 1.56 bits per heavy atom. The van der Waals surface area contributed by atoms with Crippen LogP contribution in [-0.2, 0) is 4.79 Å². The molecule has 5 nitrogen and oxygen atoms in total. The average molecular weight is 270 g/mol. The highest BCUT2D eigenvalue weighted by Gasteiger charge is 2.07. The lowest BCUT2D eigenvalue weighted by Gasteiger charge is -2.07. The number of benzene rings is 1. The Hall–Kier alpha value is -2.08. The van der Waals surface area contributed by atoms with E-state index in [4.69, 9.17) is 16.3 Å². The molecule has 2 rings (SSSR count). The van der Waals surface area contributed by atoms with Crippen molar-refractivity contribution in [1.82, 2.24) is 10.2 Å². The Morgan fingerprint density at radius 3 is 3.06 bits per heavy atom. The van der Waals surface area contributed by atoms with Crippen LogP contribution in [0.3, 0.4) is 0 Å². The molecule has 0 spiro atoms. The van der Waals surface area contributed by atoms with E-state index in [1.807, 2.05) is 0 Å². The second-order valence-corrected chi connectivity index (χ2v) is 3.81. The van der Waals surface area contributed by atoms with Crippen molar-refractivity contribution >= 4 is 23.2 Å². The first-order chi connectivity index (χ1) is 8.65. The summed E-state index contributed by atoms with van der Waals surface area (Å²) in [7, 11) is 0. The minimum Gasteiger partial charge on any atom is -0.482 e. The van der Waals surface area contributed by atoms with E-state index in [1.54, 1.807) is 0 Å². The Labute approximate surface area is 107 Å². The summed E-state index contributed by atoms with van der Waals surface area (Å²) in [5.41, 5.74) is 0.536. The fourth-order valence-corrected chi connectivity index (χ4v) is 1.47. The minimum absolute atomic E-state index is 0.117. The summed E-state index contributed by atoms with van der Waals surface area (Å²) in [6.07, 6.45) is 2.99. The molecule has 94 valence electrons. The van der Waals surface area contributed by atoms with Crippen LogP contribution in [0.2, 0.25) is 5.02 Å². The maximum Gasteiger partial charge on any atom is 0.262 e. The van der Waals surface area contributed by atoms with Gasteiger partial charge in [-0.3, -0.25) is 9.89 Å². The molecule has 0 aliphatic heterocycles. The highest BCUT2D eigenvalue weighted by atomic mass is 35.5. The fraction of sp³-hybridized carbons (Fsp3) is 0.0909. The van der Waals surface area contributed by atoms with Gasteiger partial charge in [-0.2, -0.15) is 5.10 Å². The van der Waals surface area contributed by atoms with Gasteiger partial charge in [0.25, 0.3) is 5.91 Å². The van der Waals surface area contributed by atoms with Gasteiger partial charge in [-0.05, 0) is 18.2 Å². The van der Waals surface area contributed by atoms with Crippen molar-refractivity contribution in [1.29, 1.82) is 0 Å². The molecule has 0 atom stereocenters.